The summed E-state index contributed by atoms with van der Waals surface area (Å²) in [6.07, 6.45) is 0. The molecule has 1 N–H and O–H groups in total. The fourth-order valence-electron chi connectivity index (χ4n) is 2.53. The molecule has 2 aromatic carbocycles. The lowest BCUT2D eigenvalue weighted by molar-refractivity contribution is 0.657. The molecule has 0 heterocycles. The predicted molar refractivity (Wildman–Crippen MR) is 94.4 cm³/mol. The van der Waals surface area contributed by atoms with Crippen molar-refractivity contribution in [2.75, 3.05) is 12.8 Å². The van der Waals surface area contributed by atoms with Crippen LogP contribution in [0.4, 0.5) is 0 Å². The van der Waals surface area contributed by atoms with Crippen LogP contribution in [0.25, 0.3) is 0 Å². The molecule has 1 unspecified atom stereocenters. The highest BCUT2D eigenvalue weighted by Crippen LogP contribution is 2.28. The molecule has 0 radical (unpaired) electrons. The molecule has 1 atom stereocenters. The lowest BCUT2D eigenvalue weighted by Gasteiger charge is -2.19. The number of thioether (sulfide) groups is 1. The Hall–Kier alpha value is -1.25. The largest absolute Gasteiger partial charge is 0.312 e. The SMILES string of the molecule is CNC(CSc1ccc(C)c(C)c1)c1ccc(C)cc1C. The van der Waals surface area contributed by atoms with Gasteiger partial charge in [-0.25, -0.2) is 0 Å². The molecule has 0 bridgehead atoms. The van der Waals surface area contributed by atoms with E-state index in [9.17, 15) is 0 Å². The summed E-state index contributed by atoms with van der Waals surface area (Å²) in [5, 5.41) is 3.45. The van der Waals surface area contributed by atoms with Gasteiger partial charge in [0.15, 0.2) is 0 Å². The standard InChI is InChI=1S/C19H25NS/c1-13-6-9-18(16(4)10-13)19(20-5)12-21-17-8-7-14(2)15(3)11-17/h6-11,19-20H,12H2,1-5H3. The van der Waals surface area contributed by atoms with Crippen molar-refractivity contribution in [1.29, 1.82) is 0 Å². The molecule has 0 saturated heterocycles. The Balaban J connectivity index is 2.10. The number of hydrogen-bond donors (Lipinski definition) is 1. The summed E-state index contributed by atoms with van der Waals surface area (Å²) >= 11 is 1.92. The van der Waals surface area contributed by atoms with Crippen LogP contribution in [0.1, 0.15) is 33.9 Å². The van der Waals surface area contributed by atoms with E-state index in [0.29, 0.717) is 6.04 Å². The van der Waals surface area contributed by atoms with Crippen molar-refractivity contribution in [3.8, 4) is 0 Å². The van der Waals surface area contributed by atoms with E-state index in [4.69, 9.17) is 0 Å². The third-order valence-corrected chi connectivity index (χ3v) is 5.13. The fourth-order valence-corrected chi connectivity index (χ4v) is 3.66. The van der Waals surface area contributed by atoms with Crippen LogP contribution in [0.2, 0.25) is 0 Å². The summed E-state index contributed by atoms with van der Waals surface area (Å²) in [5.41, 5.74) is 6.83. The van der Waals surface area contributed by atoms with Crippen LogP contribution in [0, 0.1) is 27.7 Å². The van der Waals surface area contributed by atoms with Crippen molar-refractivity contribution in [3.05, 3.63) is 64.2 Å². The first-order chi connectivity index (χ1) is 10.0. The average Bonchev–Trinajstić information content (AvgIpc) is 2.45. The molecule has 2 rings (SSSR count). The first-order valence-electron chi connectivity index (χ1n) is 7.45. The van der Waals surface area contributed by atoms with Crippen LogP contribution in [0.5, 0.6) is 0 Å². The Morgan fingerprint density at radius 2 is 1.67 bits per heavy atom. The normalized spacial score (nSPS) is 12.4. The molecule has 0 fully saturated rings. The summed E-state index contributed by atoms with van der Waals surface area (Å²) in [7, 11) is 2.05. The second-order valence-corrected chi connectivity index (χ2v) is 6.85. The van der Waals surface area contributed by atoms with Gasteiger partial charge >= 0.3 is 0 Å². The maximum Gasteiger partial charge on any atom is 0.0415 e. The Morgan fingerprint density at radius 1 is 0.905 bits per heavy atom. The smallest absolute Gasteiger partial charge is 0.0415 e. The van der Waals surface area contributed by atoms with E-state index in [-0.39, 0.29) is 0 Å². The Bertz CT molecular complexity index is 619. The van der Waals surface area contributed by atoms with Crippen LogP contribution >= 0.6 is 11.8 Å². The van der Waals surface area contributed by atoms with Gasteiger partial charge < -0.3 is 5.32 Å². The highest BCUT2D eigenvalue weighted by Gasteiger charge is 2.12. The molecule has 0 aliphatic rings. The van der Waals surface area contributed by atoms with Crippen molar-refractivity contribution in [3.63, 3.8) is 0 Å². The van der Waals surface area contributed by atoms with Crippen LogP contribution in [0.15, 0.2) is 41.3 Å². The van der Waals surface area contributed by atoms with Crippen LogP contribution < -0.4 is 5.32 Å². The van der Waals surface area contributed by atoms with Crippen LogP contribution in [0.3, 0.4) is 0 Å². The lowest BCUT2D eigenvalue weighted by Crippen LogP contribution is -2.19. The molecule has 0 amide bonds. The second kappa shape index (κ2) is 7.15. The van der Waals surface area contributed by atoms with Gasteiger partial charge in [0.05, 0.1) is 0 Å². The minimum absolute atomic E-state index is 0.386. The fraction of sp³-hybridized carbons (Fsp3) is 0.368. The Morgan fingerprint density at radius 3 is 2.29 bits per heavy atom. The summed E-state index contributed by atoms with van der Waals surface area (Å²) in [6, 6.07) is 13.8. The van der Waals surface area contributed by atoms with Gasteiger partial charge in [0, 0.05) is 16.7 Å². The van der Waals surface area contributed by atoms with E-state index in [1.54, 1.807) is 0 Å². The third-order valence-electron chi connectivity index (χ3n) is 4.04. The van der Waals surface area contributed by atoms with Crippen LogP contribution in [-0.2, 0) is 0 Å². The summed E-state index contributed by atoms with van der Waals surface area (Å²) in [5.74, 6) is 1.04. The van der Waals surface area contributed by atoms with E-state index in [2.05, 4.69) is 69.4 Å². The summed E-state index contributed by atoms with van der Waals surface area (Å²) in [6.45, 7) is 8.69. The van der Waals surface area contributed by atoms with Gasteiger partial charge in [0.1, 0.15) is 0 Å². The minimum Gasteiger partial charge on any atom is -0.312 e. The van der Waals surface area contributed by atoms with Crippen molar-refractivity contribution < 1.29 is 0 Å². The van der Waals surface area contributed by atoms with Gasteiger partial charge in [-0.15, -0.1) is 11.8 Å². The molecule has 21 heavy (non-hydrogen) atoms. The zero-order valence-electron chi connectivity index (χ0n) is 13.7. The highest BCUT2D eigenvalue weighted by atomic mass is 32.2. The molecule has 2 heteroatoms. The van der Waals surface area contributed by atoms with Gasteiger partial charge in [-0.2, -0.15) is 0 Å². The average molecular weight is 299 g/mol. The molecular weight excluding hydrogens is 274 g/mol. The number of hydrogen-bond acceptors (Lipinski definition) is 2. The highest BCUT2D eigenvalue weighted by molar-refractivity contribution is 7.99. The number of aryl methyl sites for hydroxylation is 4. The number of benzene rings is 2. The van der Waals surface area contributed by atoms with E-state index in [0.717, 1.165) is 5.75 Å². The molecule has 0 aliphatic heterocycles. The molecule has 112 valence electrons. The maximum atomic E-state index is 3.45. The second-order valence-electron chi connectivity index (χ2n) is 5.76. The Kier molecular flexibility index (Phi) is 5.49. The number of nitrogens with one attached hydrogen (secondary N) is 1. The van der Waals surface area contributed by atoms with Crippen molar-refractivity contribution in [2.24, 2.45) is 0 Å². The summed E-state index contributed by atoms with van der Waals surface area (Å²) in [4.78, 5) is 1.35. The van der Waals surface area contributed by atoms with E-state index in [1.165, 1.54) is 32.7 Å². The minimum atomic E-state index is 0.386. The zero-order valence-corrected chi connectivity index (χ0v) is 14.5. The molecule has 1 nitrogen and oxygen atoms in total. The predicted octanol–water partition coefficient (Wildman–Crippen LogP) is 4.97. The van der Waals surface area contributed by atoms with Crippen LogP contribution in [-0.4, -0.2) is 12.8 Å². The van der Waals surface area contributed by atoms with Gasteiger partial charge in [0.2, 0.25) is 0 Å². The maximum absolute atomic E-state index is 3.45. The first-order valence-corrected chi connectivity index (χ1v) is 8.44. The molecular formula is C19H25NS. The number of rotatable bonds is 5. The van der Waals surface area contributed by atoms with Gasteiger partial charge in [-0.3, -0.25) is 0 Å². The van der Waals surface area contributed by atoms with E-state index < -0.39 is 0 Å². The Labute approximate surface area is 133 Å². The first kappa shape index (κ1) is 16.1. The monoisotopic (exact) mass is 299 g/mol. The molecule has 2 aromatic rings. The molecule has 0 spiro atoms. The third kappa shape index (κ3) is 4.12. The van der Waals surface area contributed by atoms with E-state index in [1.807, 2.05) is 18.8 Å². The van der Waals surface area contributed by atoms with Crippen molar-refractivity contribution in [2.45, 2.75) is 38.6 Å². The topological polar surface area (TPSA) is 12.0 Å². The van der Waals surface area contributed by atoms with Gasteiger partial charge in [0.25, 0.3) is 0 Å². The van der Waals surface area contributed by atoms with E-state index >= 15 is 0 Å². The molecule has 0 aliphatic carbocycles. The molecule has 0 saturated carbocycles. The molecule has 0 aromatic heterocycles. The van der Waals surface area contributed by atoms with Crippen molar-refractivity contribution in [1.82, 2.24) is 5.32 Å². The summed E-state index contributed by atoms with van der Waals surface area (Å²) < 4.78 is 0. The zero-order chi connectivity index (χ0) is 15.4. The van der Waals surface area contributed by atoms with Gasteiger partial charge in [-0.1, -0.05) is 29.8 Å². The quantitative estimate of drug-likeness (QED) is 0.782. The lowest BCUT2D eigenvalue weighted by atomic mass is 10.0. The van der Waals surface area contributed by atoms with Gasteiger partial charge in [-0.05, 0) is 69.1 Å². The van der Waals surface area contributed by atoms with Crippen molar-refractivity contribution >= 4 is 11.8 Å².